The van der Waals surface area contributed by atoms with Gasteiger partial charge in [-0.1, -0.05) is 11.6 Å². The Bertz CT molecular complexity index is 1100. The van der Waals surface area contributed by atoms with Gasteiger partial charge in [-0.05, 0) is 38.0 Å². The van der Waals surface area contributed by atoms with Gasteiger partial charge < -0.3 is 10.3 Å². The topological polar surface area (TPSA) is 131 Å². The normalized spacial score (nSPS) is 10.8. The van der Waals surface area contributed by atoms with E-state index in [0.717, 1.165) is 34.2 Å². The number of nitrogens with zero attached hydrogens (tertiary/aromatic N) is 2. The van der Waals surface area contributed by atoms with E-state index in [2.05, 4.69) is 16.4 Å². The number of aromatic nitrogens is 1. The van der Waals surface area contributed by atoms with Crippen LogP contribution in [0.4, 0.5) is 11.4 Å². The van der Waals surface area contributed by atoms with E-state index in [1.54, 1.807) is 0 Å². The third-order valence-corrected chi connectivity index (χ3v) is 4.62. The highest BCUT2D eigenvalue weighted by Gasteiger charge is 2.24. The maximum Gasteiger partial charge on any atom is 0.279 e. The number of benzene rings is 2. The first kappa shape index (κ1) is 19.0. The molecule has 144 valence electrons. The Balaban J connectivity index is 1.78. The molecule has 0 atom stereocenters. The minimum atomic E-state index is -0.752. The van der Waals surface area contributed by atoms with E-state index >= 15 is 0 Å². The van der Waals surface area contributed by atoms with Crippen LogP contribution in [0, 0.1) is 34.1 Å². The molecular weight excluding hydrogens is 364 g/mol. The molecule has 9 nitrogen and oxygen atoms in total. The van der Waals surface area contributed by atoms with Crippen LogP contribution in [0.25, 0.3) is 10.9 Å². The van der Waals surface area contributed by atoms with Crippen molar-refractivity contribution in [3.8, 4) is 0 Å². The summed E-state index contributed by atoms with van der Waals surface area (Å²) in [5.74, 6) is -0.583. The van der Waals surface area contributed by atoms with Gasteiger partial charge in [-0.2, -0.15) is 0 Å². The third kappa shape index (κ3) is 3.68. The standard InChI is InChI=1S/C19H18N4O5/c1-11-3-4-17-16(7-11)13(10-21-17)5-6-20-19(24)15-8-14(22(25)26)9-18(12(15)2)23(27)28/h3-4,7-10,21H,5-6H2,1-2H3,(H,20,24). The smallest absolute Gasteiger partial charge is 0.279 e. The van der Waals surface area contributed by atoms with Gasteiger partial charge in [-0.3, -0.25) is 25.0 Å². The van der Waals surface area contributed by atoms with E-state index in [9.17, 15) is 25.0 Å². The Hall–Kier alpha value is -3.75. The Kier molecular flexibility index (Phi) is 5.08. The third-order valence-electron chi connectivity index (χ3n) is 4.62. The van der Waals surface area contributed by atoms with E-state index in [0.29, 0.717) is 6.42 Å². The fourth-order valence-corrected chi connectivity index (χ4v) is 3.12. The Morgan fingerprint density at radius 2 is 1.86 bits per heavy atom. The van der Waals surface area contributed by atoms with E-state index in [-0.39, 0.29) is 17.7 Å². The lowest BCUT2D eigenvalue weighted by Gasteiger charge is -2.08. The highest BCUT2D eigenvalue weighted by Crippen LogP contribution is 2.28. The van der Waals surface area contributed by atoms with Crippen molar-refractivity contribution in [2.45, 2.75) is 20.3 Å². The summed E-state index contributed by atoms with van der Waals surface area (Å²) < 4.78 is 0. The number of aromatic amines is 1. The van der Waals surface area contributed by atoms with Crippen LogP contribution in [-0.4, -0.2) is 27.3 Å². The number of nitro benzene ring substituents is 2. The van der Waals surface area contributed by atoms with E-state index in [4.69, 9.17) is 0 Å². The van der Waals surface area contributed by atoms with Gasteiger partial charge in [-0.15, -0.1) is 0 Å². The number of aryl methyl sites for hydroxylation is 1. The van der Waals surface area contributed by atoms with Crippen molar-refractivity contribution < 1.29 is 14.6 Å². The van der Waals surface area contributed by atoms with Crippen LogP contribution >= 0.6 is 0 Å². The molecule has 0 bridgehead atoms. The van der Waals surface area contributed by atoms with Crippen molar-refractivity contribution >= 4 is 28.2 Å². The molecule has 0 aliphatic heterocycles. The van der Waals surface area contributed by atoms with Gasteiger partial charge in [0.25, 0.3) is 17.3 Å². The number of rotatable bonds is 6. The predicted octanol–water partition coefficient (Wildman–Crippen LogP) is 3.57. The van der Waals surface area contributed by atoms with Gasteiger partial charge in [0.2, 0.25) is 0 Å². The summed E-state index contributed by atoms with van der Waals surface area (Å²) in [4.78, 5) is 36.4. The molecule has 0 fully saturated rings. The fraction of sp³-hybridized carbons (Fsp3) is 0.211. The zero-order valence-electron chi connectivity index (χ0n) is 15.3. The van der Waals surface area contributed by atoms with Crippen molar-refractivity contribution in [3.05, 3.63) is 79.0 Å². The zero-order valence-corrected chi connectivity index (χ0v) is 15.3. The van der Waals surface area contributed by atoms with Crippen LogP contribution in [0.2, 0.25) is 0 Å². The summed E-state index contributed by atoms with van der Waals surface area (Å²) in [7, 11) is 0. The number of carbonyl (C=O) groups is 1. The molecule has 2 aromatic carbocycles. The van der Waals surface area contributed by atoms with Crippen molar-refractivity contribution in [2.75, 3.05) is 6.54 Å². The molecule has 0 saturated carbocycles. The first-order valence-electron chi connectivity index (χ1n) is 8.56. The minimum absolute atomic E-state index is 0.0735. The monoisotopic (exact) mass is 382 g/mol. The first-order chi connectivity index (χ1) is 13.3. The summed E-state index contributed by atoms with van der Waals surface area (Å²) in [5, 5.41) is 25.9. The van der Waals surface area contributed by atoms with Gasteiger partial charge >= 0.3 is 0 Å². The number of non-ortho nitro benzene ring substituents is 1. The van der Waals surface area contributed by atoms with Crippen molar-refractivity contribution in [1.29, 1.82) is 0 Å². The van der Waals surface area contributed by atoms with Crippen molar-refractivity contribution in [2.24, 2.45) is 0 Å². The molecule has 1 heterocycles. The molecule has 0 spiro atoms. The molecule has 0 saturated heterocycles. The maximum atomic E-state index is 12.5. The second kappa shape index (κ2) is 7.47. The predicted molar refractivity (Wildman–Crippen MR) is 104 cm³/mol. The van der Waals surface area contributed by atoms with Crippen molar-refractivity contribution in [3.63, 3.8) is 0 Å². The zero-order chi connectivity index (χ0) is 20.4. The lowest BCUT2D eigenvalue weighted by molar-refractivity contribution is -0.394. The molecule has 0 radical (unpaired) electrons. The van der Waals surface area contributed by atoms with Gasteiger partial charge in [0.05, 0.1) is 21.5 Å². The number of nitro groups is 2. The van der Waals surface area contributed by atoms with Gasteiger partial charge in [-0.25, -0.2) is 0 Å². The number of H-pyrrole nitrogens is 1. The summed E-state index contributed by atoms with van der Waals surface area (Å²) in [6.07, 6.45) is 2.42. The van der Waals surface area contributed by atoms with Crippen LogP contribution < -0.4 is 5.32 Å². The number of hydrogen-bond donors (Lipinski definition) is 2. The quantitative estimate of drug-likeness (QED) is 0.497. The van der Waals surface area contributed by atoms with E-state index in [1.807, 2.05) is 25.3 Å². The van der Waals surface area contributed by atoms with Gasteiger partial charge in [0.1, 0.15) is 0 Å². The number of carbonyl (C=O) groups excluding carboxylic acids is 1. The molecule has 3 rings (SSSR count). The van der Waals surface area contributed by atoms with Crippen LogP contribution in [0.15, 0.2) is 36.5 Å². The first-order valence-corrected chi connectivity index (χ1v) is 8.56. The average Bonchev–Trinajstić information content (AvgIpc) is 3.03. The largest absolute Gasteiger partial charge is 0.361 e. The van der Waals surface area contributed by atoms with Gasteiger partial charge in [0.15, 0.2) is 0 Å². The van der Waals surface area contributed by atoms with Crippen LogP contribution in [0.3, 0.4) is 0 Å². The molecule has 2 N–H and O–H groups in total. The van der Waals surface area contributed by atoms with E-state index < -0.39 is 27.1 Å². The molecule has 0 aliphatic carbocycles. The Labute approximate surface area is 159 Å². The molecule has 1 aromatic heterocycles. The van der Waals surface area contributed by atoms with Crippen LogP contribution in [0.1, 0.15) is 27.0 Å². The molecule has 9 heteroatoms. The van der Waals surface area contributed by atoms with Crippen LogP contribution in [0.5, 0.6) is 0 Å². The Morgan fingerprint density at radius 1 is 1.11 bits per heavy atom. The number of amides is 1. The lowest BCUT2D eigenvalue weighted by Crippen LogP contribution is -2.26. The maximum absolute atomic E-state index is 12.5. The molecular formula is C19H18N4O5. The molecule has 3 aromatic rings. The molecule has 1 amide bonds. The molecule has 28 heavy (non-hydrogen) atoms. The fourth-order valence-electron chi connectivity index (χ4n) is 3.12. The number of hydrogen-bond acceptors (Lipinski definition) is 5. The lowest BCUT2D eigenvalue weighted by atomic mass is 10.0. The second-order valence-electron chi connectivity index (χ2n) is 6.52. The van der Waals surface area contributed by atoms with Crippen molar-refractivity contribution in [1.82, 2.24) is 10.3 Å². The number of nitrogens with one attached hydrogen (secondary N) is 2. The summed E-state index contributed by atoms with van der Waals surface area (Å²) >= 11 is 0. The summed E-state index contributed by atoms with van der Waals surface area (Å²) in [6, 6.07) is 7.96. The summed E-state index contributed by atoms with van der Waals surface area (Å²) in [5.41, 5.74) is 2.22. The summed E-state index contributed by atoms with van der Waals surface area (Å²) in [6.45, 7) is 3.69. The molecule has 0 unspecified atom stereocenters. The molecule has 0 aliphatic rings. The van der Waals surface area contributed by atoms with Gasteiger partial charge in [0, 0.05) is 35.3 Å². The highest BCUT2D eigenvalue weighted by atomic mass is 16.6. The average molecular weight is 382 g/mol. The second-order valence-corrected chi connectivity index (χ2v) is 6.52. The van der Waals surface area contributed by atoms with Crippen LogP contribution in [-0.2, 0) is 6.42 Å². The number of fused-ring (bicyclic) bond motifs is 1. The minimum Gasteiger partial charge on any atom is -0.361 e. The SMILES string of the molecule is Cc1ccc2[nH]cc(CCNC(=O)c3cc([N+](=O)[O-])cc([N+](=O)[O-])c3C)c2c1. The highest BCUT2D eigenvalue weighted by molar-refractivity contribution is 5.97. The Morgan fingerprint density at radius 3 is 2.54 bits per heavy atom. The van der Waals surface area contributed by atoms with E-state index in [1.165, 1.54) is 6.92 Å².